The minimum atomic E-state index is 0. The molecular weight excluding hydrogens is 68.0 g/mol. The van der Waals surface area contributed by atoms with Crippen LogP contribution in [-0.2, 0) is 0 Å². The van der Waals surface area contributed by atoms with Crippen molar-refractivity contribution in [1.29, 1.82) is 0 Å². The van der Waals surface area contributed by atoms with Crippen LogP contribution in [-0.4, -0.2) is 5.48 Å². The van der Waals surface area contributed by atoms with Gasteiger partial charge in [0.25, 0.3) is 0 Å². The van der Waals surface area contributed by atoms with Crippen molar-refractivity contribution in [3.05, 3.63) is 0 Å². The molecule has 0 radical (unpaired) electrons. The first-order valence-electron chi connectivity index (χ1n) is 0. The molecule has 0 aliphatic heterocycles. The van der Waals surface area contributed by atoms with Crippen LogP contribution in [0.3, 0.4) is 0 Å². The zero-order valence-corrected chi connectivity index (χ0v) is 2.02. The molecule has 0 spiro atoms. The molecule has 0 atom stereocenters. The first kappa shape index (κ1) is 604. The Balaban J connectivity index is 0. The van der Waals surface area contributed by atoms with Crippen molar-refractivity contribution in [3.8, 4) is 0 Å². The minimum absolute atomic E-state index is 0. The van der Waals surface area contributed by atoms with E-state index in [9.17, 15) is 0 Å². The Labute approximate surface area is 22.4 Å². The van der Waals surface area contributed by atoms with Crippen molar-refractivity contribution in [2.45, 2.75) is 0 Å². The molecule has 0 fully saturated rings. The maximum atomic E-state index is 0. The molecule has 0 saturated carbocycles. The number of hydrogen-bond acceptors (Lipinski definition) is 1. The Hall–Kier alpha value is -0.220. The fraction of sp³-hybridized carbons (Fsp3) is 0. The van der Waals surface area contributed by atoms with Gasteiger partial charge in [0.1, 0.15) is 0 Å². The third-order valence-electron chi connectivity index (χ3n) is 0. The quantitative estimate of drug-likeness (QED) is 0.420. The Bertz CT molecular complexity index is 6.00. The maximum Gasteiger partial charge on any atom is -0.269 e. The van der Waals surface area contributed by atoms with Crippen LogP contribution in [0.4, 0.5) is 9.41 Å². The zero-order valence-electron chi connectivity index (χ0n) is 2.02. The second-order valence-corrected chi connectivity index (χ2v) is 0. The lowest BCUT2D eigenvalue weighted by molar-refractivity contribution is 0.824. The SMILES string of the molecule is F.F.N.O. The van der Waals surface area contributed by atoms with Gasteiger partial charge in [-0.3, -0.25) is 9.41 Å². The van der Waals surface area contributed by atoms with Crippen molar-refractivity contribution in [2.75, 3.05) is 0 Å². The Morgan fingerprint density at radius 1 is 0.750 bits per heavy atom. The van der Waals surface area contributed by atoms with E-state index < -0.39 is 0 Å². The standard InChI is InChI=1S/2FH.H3N.H2O/h2*1H;1H3;1H2. The molecule has 0 bridgehead atoms. The highest BCUT2D eigenvalue weighted by molar-refractivity contribution is 2.13. The van der Waals surface area contributed by atoms with Crippen LogP contribution in [0.5, 0.6) is 0 Å². The van der Waals surface area contributed by atoms with Gasteiger partial charge in [0.05, 0.1) is 0 Å². The molecule has 4 heavy (non-hydrogen) atoms. The second kappa shape index (κ2) is 182. The Morgan fingerprint density at radius 2 is 0.750 bits per heavy atom. The highest BCUT2D eigenvalue weighted by Gasteiger charge is -0.268. The number of rotatable bonds is 0. The van der Waals surface area contributed by atoms with E-state index in [1.165, 1.54) is 0 Å². The fourth-order valence-electron chi connectivity index (χ4n) is 0. The molecule has 32 valence electrons. The van der Waals surface area contributed by atoms with Crippen molar-refractivity contribution in [3.63, 3.8) is 0 Å². The van der Waals surface area contributed by atoms with Crippen molar-refractivity contribution in [2.24, 2.45) is 0 Å². The van der Waals surface area contributed by atoms with E-state index in [4.69, 9.17) is 0 Å². The molecule has 0 amide bonds. The molecule has 0 aliphatic rings. The van der Waals surface area contributed by atoms with Crippen molar-refractivity contribution in [1.82, 2.24) is 6.15 Å². The van der Waals surface area contributed by atoms with E-state index in [1.807, 2.05) is 0 Å². The lowest BCUT2D eigenvalue weighted by Gasteiger charge is -0.412. The third-order valence-corrected chi connectivity index (χ3v) is 0. The number of halogens is 2. The summed E-state index contributed by atoms with van der Waals surface area (Å²) >= 11 is 0. The minimum Gasteiger partial charge on any atom is -0.412 e. The van der Waals surface area contributed by atoms with Crippen LogP contribution in [0.2, 0.25) is 0 Å². The summed E-state index contributed by atoms with van der Waals surface area (Å²) in [5.41, 5.74) is 0. The molecule has 0 heterocycles. The third kappa shape index (κ3) is 22.4. The van der Waals surface area contributed by atoms with Gasteiger partial charge in [-0.25, -0.2) is 0 Å². The van der Waals surface area contributed by atoms with Gasteiger partial charge in [-0.05, 0) is 0 Å². The van der Waals surface area contributed by atoms with Crippen molar-refractivity contribution >= 4 is 0 Å². The molecule has 0 unspecified atom stereocenters. The Kier molecular flexibility index (Phi) is 27500. The van der Waals surface area contributed by atoms with Gasteiger partial charge in [-0.2, -0.15) is 0 Å². The highest BCUT2D eigenvalue weighted by atomic mass is 19.0. The largest absolute Gasteiger partial charge is 0.412 e. The average molecular weight is 75.1 g/mol. The number of hydrogen-bond donors (Lipinski definition) is 1. The Morgan fingerprint density at radius 3 is 0.750 bits per heavy atom. The zero-order chi connectivity index (χ0) is 0. The van der Waals surface area contributed by atoms with Crippen molar-refractivity contribution < 1.29 is 14.9 Å². The van der Waals surface area contributed by atoms with Crippen LogP contribution in [0.1, 0.15) is 0 Å². The molecule has 0 aromatic rings. The normalized spacial score (nSPS) is 0. The maximum absolute atomic E-state index is 0. The van der Waals surface area contributed by atoms with Crippen LogP contribution in [0.15, 0.2) is 0 Å². The van der Waals surface area contributed by atoms with Crippen LogP contribution >= 0.6 is 0 Å². The summed E-state index contributed by atoms with van der Waals surface area (Å²) in [4.78, 5) is 0. The first-order chi connectivity index (χ1) is 0. The van der Waals surface area contributed by atoms with E-state index in [-0.39, 0.29) is 21.0 Å². The summed E-state index contributed by atoms with van der Waals surface area (Å²) in [6.07, 6.45) is 0. The fourth-order valence-corrected chi connectivity index (χ4v) is 0. The van der Waals surface area contributed by atoms with Gasteiger partial charge >= 0.3 is 0 Å². The smallest absolute Gasteiger partial charge is 0.269 e. The molecule has 0 aromatic heterocycles. The van der Waals surface area contributed by atoms with Crippen LogP contribution in [0, 0.1) is 0 Å². The lowest BCUT2D eigenvalue weighted by Crippen LogP contribution is -0.481. The van der Waals surface area contributed by atoms with Crippen LogP contribution < -0.4 is 6.15 Å². The summed E-state index contributed by atoms with van der Waals surface area (Å²) < 4.78 is 0. The van der Waals surface area contributed by atoms with Gasteiger partial charge < -0.3 is 11.6 Å². The van der Waals surface area contributed by atoms with Gasteiger partial charge in [0.2, 0.25) is 0 Å². The molecule has 0 aromatic carbocycles. The molecular formula is H7F2NO. The predicted molar refractivity (Wildman–Crippen MR) is 13.6 cm³/mol. The molecule has 4 heteroatoms. The van der Waals surface area contributed by atoms with E-state index >= 15 is 0 Å². The van der Waals surface area contributed by atoms with Gasteiger partial charge in [-0.15, -0.1) is 0 Å². The summed E-state index contributed by atoms with van der Waals surface area (Å²) in [7, 11) is 0. The highest BCUT2D eigenvalue weighted by Crippen LogP contribution is 0.421. The van der Waals surface area contributed by atoms with Crippen LogP contribution in [0.25, 0.3) is 0 Å². The van der Waals surface area contributed by atoms with E-state index in [0.29, 0.717) is 0 Å². The first-order valence-corrected chi connectivity index (χ1v) is 0. The van der Waals surface area contributed by atoms with Gasteiger partial charge in [-0.1, -0.05) is 0 Å². The monoisotopic (exact) mass is 75.0 g/mol. The summed E-state index contributed by atoms with van der Waals surface area (Å²) in [5, 5.41) is 0. The topological polar surface area (TPSA) is 66.5 Å². The molecule has 0 rings (SSSR count). The second-order valence-electron chi connectivity index (χ2n) is 0. The van der Waals surface area contributed by atoms with E-state index in [2.05, 4.69) is 0 Å². The van der Waals surface area contributed by atoms with E-state index in [1.54, 1.807) is 0 Å². The predicted octanol–water partition coefficient (Wildman–Crippen LogP) is -0.358. The van der Waals surface area contributed by atoms with E-state index in [0.717, 1.165) is 0 Å². The molecule has 5 N–H and O–H groups in total. The summed E-state index contributed by atoms with van der Waals surface area (Å²) in [6.45, 7) is 0. The molecule has 0 aliphatic carbocycles. The molecule has 0 saturated heterocycles. The van der Waals surface area contributed by atoms with Gasteiger partial charge in [0.15, 0.2) is 0 Å². The summed E-state index contributed by atoms with van der Waals surface area (Å²) in [5.74, 6) is 0. The van der Waals surface area contributed by atoms with Gasteiger partial charge in [0, 0.05) is 0 Å². The average Bonchev–Trinajstić information content (AvgIpc) is 0. The summed E-state index contributed by atoms with van der Waals surface area (Å²) in [6, 6.07) is 0. The lowest BCUT2D eigenvalue weighted by atomic mass is 14.0. The molecule has 2 nitrogen and oxygen atoms in total.